The van der Waals surface area contributed by atoms with Crippen molar-refractivity contribution in [2.24, 2.45) is 0 Å². The van der Waals surface area contributed by atoms with Crippen LogP contribution in [0.15, 0.2) is 18.3 Å². The van der Waals surface area contributed by atoms with Crippen LogP contribution in [-0.2, 0) is 15.4 Å². The number of ether oxygens (including phenoxy) is 2. The molecule has 3 aliphatic rings. The van der Waals surface area contributed by atoms with Gasteiger partial charge in [-0.25, -0.2) is 4.98 Å². The lowest BCUT2D eigenvalue weighted by atomic mass is 10.1. The third kappa shape index (κ3) is 3.52. The van der Waals surface area contributed by atoms with Crippen LogP contribution >= 0.6 is 0 Å². The predicted octanol–water partition coefficient (Wildman–Crippen LogP) is 3.39. The first-order valence-electron chi connectivity index (χ1n) is 11.8. The first-order chi connectivity index (χ1) is 17.2. The summed E-state index contributed by atoms with van der Waals surface area (Å²) in [7, 11) is 0. The van der Waals surface area contributed by atoms with Crippen LogP contribution in [0, 0.1) is 0 Å². The summed E-state index contributed by atoms with van der Waals surface area (Å²) in [6.45, 7) is 3.77. The van der Waals surface area contributed by atoms with Gasteiger partial charge in [-0.15, -0.1) is 0 Å². The number of H-pyrrole nitrogens is 1. The van der Waals surface area contributed by atoms with Crippen molar-refractivity contribution in [3.05, 3.63) is 24.0 Å². The SMILES string of the molecule is C[C@@H]1COCCN1c1cc(N2C3CCC2COC3)nc2c1c(C(F)(F)C(F)(F)F)nn2-c1ccn[nH]1. The Bertz CT molecular complexity index is 1250. The number of alkyl halides is 5. The van der Waals surface area contributed by atoms with E-state index in [-0.39, 0.29) is 40.7 Å². The second-order valence-electron chi connectivity index (χ2n) is 9.42. The number of fused-ring (bicyclic) bond motifs is 3. The molecule has 1 N–H and O–H groups in total. The lowest BCUT2D eigenvalue weighted by Crippen LogP contribution is -2.47. The highest BCUT2D eigenvalue weighted by molar-refractivity contribution is 5.95. The molecule has 6 heterocycles. The third-order valence-corrected chi connectivity index (χ3v) is 7.15. The molecule has 0 spiro atoms. The number of nitrogens with zero attached hydrogens (tertiary/aromatic N) is 6. The van der Waals surface area contributed by atoms with Crippen LogP contribution in [0.5, 0.6) is 0 Å². The molecule has 3 aliphatic heterocycles. The Morgan fingerprint density at radius 3 is 2.44 bits per heavy atom. The van der Waals surface area contributed by atoms with Crippen LogP contribution in [-0.4, -0.2) is 82.2 Å². The van der Waals surface area contributed by atoms with Crippen molar-refractivity contribution >= 4 is 22.5 Å². The number of nitrogens with one attached hydrogen (secondary N) is 1. The summed E-state index contributed by atoms with van der Waals surface area (Å²) in [6, 6.07) is 2.88. The summed E-state index contributed by atoms with van der Waals surface area (Å²) in [5, 5.41) is 9.88. The van der Waals surface area contributed by atoms with E-state index in [2.05, 4.69) is 25.2 Å². The number of aromatic nitrogens is 5. The molecule has 3 atom stereocenters. The molecule has 0 saturated carbocycles. The van der Waals surface area contributed by atoms with Gasteiger partial charge in [-0.05, 0) is 19.8 Å². The van der Waals surface area contributed by atoms with Gasteiger partial charge in [0.15, 0.2) is 17.2 Å². The van der Waals surface area contributed by atoms with Crippen molar-refractivity contribution in [1.29, 1.82) is 0 Å². The van der Waals surface area contributed by atoms with E-state index in [1.54, 1.807) is 11.0 Å². The zero-order valence-electron chi connectivity index (χ0n) is 19.3. The van der Waals surface area contributed by atoms with Crippen molar-refractivity contribution < 1.29 is 31.4 Å². The fraction of sp³-hybridized carbons (Fsp3) is 0.591. The minimum atomic E-state index is -5.84. The van der Waals surface area contributed by atoms with Crippen molar-refractivity contribution in [3.8, 4) is 5.82 Å². The lowest BCUT2D eigenvalue weighted by molar-refractivity contribution is -0.290. The number of hydrogen-bond acceptors (Lipinski definition) is 7. The van der Waals surface area contributed by atoms with Gasteiger partial charge in [-0.2, -0.15) is 36.8 Å². The Balaban J connectivity index is 1.65. The van der Waals surface area contributed by atoms with E-state index in [1.807, 2.05) is 6.92 Å². The van der Waals surface area contributed by atoms with Gasteiger partial charge < -0.3 is 19.3 Å². The zero-order chi connectivity index (χ0) is 25.2. The Morgan fingerprint density at radius 1 is 1.06 bits per heavy atom. The molecule has 9 nitrogen and oxygen atoms in total. The van der Waals surface area contributed by atoms with Crippen LogP contribution in [0.25, 0.3) is 16.9 Å². The molecular formula is C22H24F5N7O2. The molecule has 0 aromatic carbocycles. The van der Waals surface area contributed by atoms with Crippen LogP contribution in [0.2, 0.25) is 0 Å². The zero-order valence-corrected chi connectivity index (χ0v) is 19.3. The van der Waals surface area contributed by atoms with Crippen molar-refractivity contribution in [3.63, 3.8) is 0 Å². The number of pyridine rings is 1. The van der Waals surface area contributed by atoms with Gasteiger partial charge in [-0.1, -0.05) is 0 Å². The van der Waals surface area contributed by atoms with Gasteiger partial charge in [0.2, 0.25) is 0 Å². The standard InChI is InChI=1S/C22H24F5N7O2/c1-12-9-35-7-6-32(12)15-8-17(33-13-2-3-14(33)11-36-10-13)29-20-18(15)19(21(23,24)22(25,26)27)31-34(20)16-4-5-28-30-16/h4-5,8,12-14H,2-3,6-7,9-11H2,1H3,(H,28,30)/t12-,13?,14?/m1/s1. The minimum Gasteiger partial charge on any atom is -0.377 e. The van der Waals surface area contributed by atoms with Gasteiger partial charge >= 0.3 is 12.1 Å². The maximum Gasteiger partial charge on any atom is 0.459 e. The Hall–Kier alpha value is -3.00. The minimum absolute atomic E-state index is 0.0447. The van der Waals surface area contributed by atoms with Gasteiger partial charge in [0.05, 0.1) is 55.8 Å². The molecular weight excluding hydrogens is 489 g/mol. The molecule has 0 amide bonds. The summed E-state index contributed by atoms with van der Waals surface area (Å²) in [6.07, 6.45) is -2.72. The van der Waals surface area contributed by atoms with Crippen LogP contribution in [0.3, 0.4) is 0 Å². The van der Waals surface area contributed by atoms with Gasteiger partial charge in [0, 0.05) is 24.7 Å². The van der Waals surface area contributed by atoms with Crippen molar-refractivity contribution in [1.82, 2.24) is 25.0 Å². The largest absolute Gasteiger partial charge is 0.459 e. The summed E-state index contributed by atoms with van der Waals surface area (Å²) in [5.41, 5.74) is -1.27. The summed E-state index contributed by atoms with van der Waals surface area (Å²) < 4.78 is 83.0. The van der Waals surface area contributed by atoms with E-state index in [9.17, 15) is 22.0 Å². The summed E-state index contributed by atoms with van der Waals surface area (Å²) in [5.74, 6) is -4.59. The topological polar surface area (TPSA) is 84.3 Å². The van der Waals surface area contributed by atoms with E-state index >= 15 is 0 Å². The number of morpholine rings is 2. The maximum absolute atomic E-state index is 15.0. The first kappa shape index (κ1) is 23.4. The number of aromatic amines is 1. The first-order valence-corrected chi connectivity index (χ1v) is 11.8. The van der Waals surface area contributed by atoms with Crippen LogP contribution in [0.4, 0.5) is 33.5 Å². The fourth-order valence-electron chi connectivity index (χ4n) is 5.42. The Kier molecular flexibility index (Phi) is 5.37. The molecule has 3 aromatic rings. The lowest BCUT2D eigenvalue weighted by Gasteiger charge is -2.38. The highest BCUT2D eigenvalue weighted by Crippen LogP contribution is 2.49. The van der Waals surface area contributed by atoms with Gasteiger partial charge in [0.25, 0.3) is 0 Å². The molecule has 2 bridgehead atoms. The Labute approximate surface area is 202 Å². The number of anilines is 2. The molecule has 0 radical (unpaired) electrons. The average molecular weight is 513 g/mol. The molecule has 36 heavy (non-hydrogen) atoms. The monoisotopic (exact) mass is 513 g/mol. The molecule has 6 rings (SSSR count). The second kappa shape index (κ2) is 8.26. The molecule has 14 heteroatoms. The number of hydrogen-bond donors (Lipinski definition) is 1. The molecule has 3 fully saturated rings. The van der Waals surface area contributed by atoms with Crippen LogP contribution < -0.4 is 9.80 Å². The molecule has 3 aromatic heterocycles. The normalized spacial score (nSPS) is 25.2. The summed E-state index contributed by atoms with van der Waals surface area (Å²) >= 11 is 0. The predicted molar refractivity (Wildman–Crippen MR) is 119 cm³/mol. The van der Waals surface area contributed by atoms with E-state index in [4.69, 9.17) is 9.47 Å². The van der Waals surface area contributed by atoms with Gasteiger partial charge in [-0.3, -0.25) is 5.10 Å². The fourth-order valence-corrected chi connectivity index (χ4v) is 5.42. The smallest absolute Gasteiger partial charge is 0.377 e. The molecule has 2 unspecified atom stereocenters. The van der Waals surface area contributed by atoms with Crippen LogP contribution in [0.1, 0.15) is 25.5 Å². The average Bonchev–Trinajstić information content (AvgIpc) is 3.55. The van der Waals surface area contributed by atoms with E-state index < -0.39 is 17.8 Å². The molecule has 3 saturated heterocycles. The molecule has 194 valence electrons. The quantitative estimate of drug-likeness (QED) is 0.536. The van der Waals surface area contributed by atoms with E-state index in [1.165, 1.54) is 12.3 Å². The van der Waals surface area contributed by atoms with E-state index in [0.717, 1.165) is 17.5 Å². The summed E-state index contributed by atoms with van der Waals surface area (Å²) in [4.78, 5) is 8.56. The molecule has 0 aliphatic carbocycles. The maximum atomic E-state index is 15.0. The third-order valence-electron chi connectivity index (χ3n) is 7.15. The van der Waals surface area contributed by atoms with Crippen molar-refractivity contribution in [2.45, 2.75) is 50.0 Å². The van der Waals surface area contributed by atoms with Gasteiger partial charge in [0.1, 0.15) is 5.82 Å². The highest BCUT2D eigenvalue weighted by Gasteiger charge is 2.62. The van der Waals surface area contributed by atoms with E-state index in [0.29, 0.717) is 38.8 Å². The Morgan fingerprint density at radius 2 is 1.81 bits per heavy atom. The number of rotatable bonds is 4. The second-order valence-corrected chi connectivity index (χ2v) is 9.42. The number of halogens is 5. The highest BCUT2D eigenvalue weighted by atomic mass is 19.4. The van der Waals surface area contributed by atoms with Crippen molar-refractivity contribution in [2.75, 3.05) is 42.8 Å².